The molecule has 1 heterocycles. The zero-order valence-corrected chi connectivity index (χ0v) is 9.44. The molecular formula is C12H17N3O. The number of nitrogens with two attached hydrogens (primary N) is 1. The number of hydrogen-bond donors (Lipinski definition) is 2. The van der Waals surface area contributed by atoms with Crippen LogP contribution >= 0.6 is 0 Å². The predicted octanol–water partition coefficient (Wildman–Crippen LogP) is 0.703. The van der Waals surface area contributed by atoms with Crippen LogP contribution in [0, 0.1) is 0 Å². The van der Waals surface area contributed by atoms with Crippen molar-refractivity contribution in [2.75, 3.05) is 25.4 Å². The van der Waals surface area contributed by atoms with Gasteiger partial charge in [0.2, 0.25) is 0 Å². The van der Waals surface area contributed by atoms with Crippen molar-refractivity contribution in [1.82, 2.24) is 10.2 Å². The van der Waals surface area contributed by atoms with Crippen LogP contribution in [0.25, 0.3) is 0 Å². The second-order valence-electron chi connectivity index (χ2n) is 4.17. The molecule has 0 aliphatic carbocycles. The Bertz CT molecular complexity index is 374. The number of nitrogens with one attached hydrogen (secondary N) is 1. The molecule has 0 unspecified atom stereocenters. The number of piperazine rings is 1. The van der Waals surface area contributed by atoms with Crippen molar-refractivity contribution in [1.29, 1.82) is 0 Å². The number of carbonyl (C=O) groups is 1. The molecule has 0 bridgehead atoms. The van der Waals surface area contributed by atoms with Crippen molar-refractivity contribution in [2.45, 2.75) is 13.0 Å². The minimum absolute atomic E-state index is 0.0917. The van der Waals surface area contributed by atoms with E-state index >= 15 is 0 Å². The minimum Gasteiger partial charge on any atom is -0.399 e. The van der Waals surface area contributed by atoms with Gasteiger partial charge in [0, 0.05) is 36.9 Å². The summed E-state index contributed by atoms with van der Waals surface area (Å²) < 4.78 is 0. The fourth-order valence-electron chi connectivity index (χ4n) is 1.93. The van der Waals surface area contributed by atoms with Crippen molar-refractivity contribution in [3.8, 4) is 0 Å². The van der Waals surface area contributed by atoms with E-state index in [1.54, 1.807) is 24.3 Å². The summed E-state index contributed by atoms with van der Waals surface area (Å²) in [7, 11) is 0. The summed E-state index contributed by atoms with van der Waals surface area (Å²) >= 11 is 0. The van der Waals surface area contributed by atoms with Gasteiger partial charge in [-0.15, -0.1) is 0 Å². The van der Waals surface area contributed by atoms with E-state index in [0.29, 0.717) is 11.3 Å². The van der Waals surface area contributed by atoms with Gasteiger partial charge < -0.3 is 16.0 Å². The molecule has 2 rings (SSSR count). The van der Waals surface area contributed by atoms with Crippen LogP contribution in [0.4, 0.5) is 5.69 Å². The van der Waals surface area contributed by atoms with Gasteiger partial charge in [0.15, 0.2) is 0 Å². The van der Waals surface area contributed by atoms with E-state index in [2.05, 4.69) is 12.2 Å². The highest BCUT2D eigenvalue weighted by molar-refractivity contribution is 5.94. The molecule has 16 heavy (non-hydrogen) atoms. The first-order chi connectivity index (χ1) is 7.68. The Balaban J connectivity index is 2.14. The number of benzene rings is 1. The number of rotatable bonds is 1. The minimum atomic E-state index is 0.0917. The molecular weight excluding hydrogens is 202 g/mol. The Kier molecular flexibility index (Phi) is 3.10. The summed E-state index contributed by atoms with van der Waals surface area (Å²) in [6.07, 6.45) is 0. The van der Waals surface area contributed by atoms with Crippen molar-refractivity contribution in [2.24, 2.45) is 0 Å². The van der Waals surface area contributed by atoms with E-state index in [9.17, 15) is 4.79 Å². The standard InChI is InChI=1S/C12H17N3O/c1-9-8-14-6-7-15(9)12(16)10-2-4-11(13)5-3-10/h2-5,9,14H,6-8,13H2,1H3/t9-/m0/s1. The number of carbonyl (C=O) groups excluding carboxylic acids is 1. The van der Waals surface area contributed by atoms with Gasteiger partial charge in [-0.2, -0.15) is 0 Å². The van der Waals surface area contributed by atoms with Crippen LogP contribution in [0.5, 0.6) is 0 Å². The lowest BCUT2D eigenvalue weighted by Gasteiger charge is -2.34. The quantitative estimate of drug-likeness (QED) is 0.684. The van der Waals surface area contributed by atoms with E-state index in [4.69, 9.17) is 5.73 Å². The second-order valence-corrected chi connectivity index (χ2v) is 4.17. The fourth-order valence-corrected chi connectivity index (χ4v) is 1.93. The maximum Gasteiger partial charge on any atom is 0.254 e. The van der Waals surface area contributed by atoms with Crippen molar-refractivity contribution >= 4 is 11.6 Å². The van der Waals surface area contributed by atoms with Gasteiger partial charge in [-0.1, -0.05) is 0 Å². The van der Waals surface area contributed by atoms with Gasteiger partial charge >= 0.3 is 0 Å². The maximum absolute atomic E-state index is 12.2. The topological polar surface area (TPSA) is 58.4 Å². The van der Waals surface area contributed by atoms with Crippen LogP contribution in [-0.2, 0) is 0 Å². The number of nitrogens with zero attached hydrogens (tertiary/aromatic N) is 1. The maximum atomic E-state index is 12.2. The summed E-state index contributed by atoms with van der Waals surface area (Å²) in [5, 5.41) is 3.27. The number of nitrogen functional groups attached to an aromatic ring is 1. The first kappa shape index (κ1) is 11.0. The van der Waals surface area contributed by atoms with Crippen molar-refractivity contribution in [3.63, 3.8) is 0 Å². The lowest BCUT2D eigenvalue weighted by molar-refractivity contribution is 0.0656. The normalized spacial score (nSPS) is 20.8. The molecule has 1 aromatic carbocycles. The third kappa shape index (κ3) is 2.17. The average Bonchev–Trinajstić information content (AvgIpc) is 2.30. The molecule has 0 spiro atoms. The summed E-state index contributed by atoms with van der Waals surface area (Å²) in [6.45, 7) is 4.55. The SMILES string of the molecule is C[C@H]1CNCCN1C(=O)c1ccc(N)cc1. The van der Waals surface area contributed by atoms with Crippen molar-refractivity contribution in [3.05, 3.63) is 29.8 Å². The van der Waals surface area contributed by atoms with Gasteiger partial charge in [0.1, 0.15) is 0 Å². The monoisotopic (exact) mass is 219 g/mol. The van der Waals surface area contributed by atoms with E-state index in [0.717, 1.165) is 19.6 Å². The number of hydrogen-bond acceptors (Lipinski definition) is 3. The Labute approximate surface area is 95.4 Å². The molecule has 1 saturated heterocycles. The molecule has 0 radical (unpaired) electrons. The zero-order chi connectivity index (χ0) is 11.5. The Morgan fingerprint density at radius 3 is 2.75 bits per heavy atom. The molecule has 1 amide bonds. The first-order valence-corrected chi connectivity index (χ1v) is 5.55. The van der Waals surface area contributed by atoms with Crippen LogP contribution in [0.2, 0.25) is 0 Å². The lowest BCUT2D eigenvalue weighted by Crippen LogP contribution is -2.52. The van der Waals surface area contributed by atoms with Gasteiger partial charge in [-0.05, 0) is 31.2 Å². The predicted molar refractivity (Wildman–Crippen MR) is 64.2 cm³/mol. The second kappa shape index (κ2) is 4.53. The van der Waals surface area contributed by atoms with E-state index in [1.807, 2.05) is 4.90 Å². The van der Waals surface area contributed by atoms with E-state index in [-0.39, 0.29) is 11.9 Å². The van der Waals surface area contributed by atoms with Gasteiger partial charge in [0.05, 0.1) is 0 Å². The van der Waals surface area contributed by atoms with Gasteiger partial charge in [0.25, 0.3) is 5.91 Å². The third-order valence-electron chi connectivity index (χ3n) is 2.92. The molecule has 4 nitrogen and oxygen atoms in total. The molecule has 86 valence electrons. The Morgan fingerprint density at radius 1 is 1.44 bits per heavy atom. The molecule has 1 fully saturated rings. The highest BCUT2D eigenvalue weighted by Crippen LogP contribution is 2.12. The summed E-state index contributed by atoms with van der Waals surface area (Å²) in [6, 6.07) is 7.35. The molecule has 4 heteroatoms. The van der Waals surface area contributed by atoms with E-state index < -0.39 is 0 Å². The number of amides is 1. The lowest BCUT2D eigenvalue weighted by atomic mass is 10.1. The highest BCUT2D eigenvalue weighted by atomic mass is 16.2. The van der Waals surface area contributed by atoms with Crippen molar-refractivity contribution < 1.29 is 4.79 Å². The number of anilines is 1. The molecule has 1 aliphatic rings. The fraction of sp³-hybridized carbons (Fsp3) is 0.417. The van der Waals surface area contributed by atoms with Crippen LogP contribution in [-0.4, -0.2) is 36.5 Å². The summed E-state index contributed by atoms with van der Waals surface area (Å²) in [4.78, 5) is 14.1. The van der Waals surface area contributed by atoms with Crippen LogP contribution < -0.4 is 11.1 Å². The van der Waals surface area contributed by atoms with Gasteiger partial charge in [-0.25, -0.2) is 0 Å². The van der Waals surface area contributed by atoms with E-state index in [1.165, 1.54) is 0 Å². The van der Waals surface area contributed by atoms with Gasteiger partial charge in [-0.3, -0.25) is 4.79 Å². The molecule has 1 aromatic rings. The summed E-state index contributed by atoms with van der Waals surface area (Å²) in [5.41, 5.74) is 6.99. The molecule has 1 atom stereocenters. The van der Waals surface area contributed by atoms with Crippen LogP contribution in [0.15, 0.2) is 24.3 Å². The Hall–Kier alpha value is -1.55. The molecule has 1 aliphatic heterocycles. The summed E-state index contributed by atoms with van der Waals surface area (Å²) in [5.74, 6) is 0.0917. The van der Waals surface area contributed by atoms with Crippen LogP contribution in [0.1, 0.15) is 17.3 Å². The first-order valence-electron chi connectivity index (χ1n) is 5.55. The third-order valence-corrected chi connectivity index (χ3v) is 2.92. The molecule has 0 aromatic heterocycles. The largest absolute Gasteiger partial charge is 0.399 e. The average molecular weight is 219 g/mol. The molecule has 3 N–H and O–H groups in total. The highest BCUT2D eigenvalue weighted by Gasteiger charge is 2.23. The zero-order valence-electron chi connectivity index (χ0n) is 9.44. The Morgan fingerprint density at radius 2 is 2.12 bits per heavy atom. The van der Waals surface area contributed by atoms with Crippen LogP contribution in [0.3, 0.4) is 0 Å². The smallest absolute Gasteiger partial charge is 0.254 e. The molecule has 0 saturated carbocycles.